The number of nitrogens with zero attached hydrogens (tertiary/aromatic N) is 2. The largest absolute Gasteiger partial charge is 0.326 e. The molecular formula is C16H22N4O. The summed E-state index contributed by atoms with van der Waals surface area (Å²) in [5.41, 5.74) is 1.69. The van der Waals surface area contributed by atoms with Gasteiger partial charge in [0, 0.05) is 17.7 Å². The fourth-order valence-electron chi connectivity index (χ4n) is 2.51. The fraction of sp³-hybridized carbons (Fsp3) is 0.438. The van der Waals surface area contributed by atoms with Crippen molar-refractivity contribution in [2.75, 3.05) is 5.32 Å². The number of hydrogen-bond acceptors (Lipinski definition) is 3. The van der Waals surface area contributed by atoms with E-state index in [1.54, 1.807) is 0 Å². The smallest absolute Gasteiger partial charge is 0.224 e. The third-order valence-corrected chi connectivity index (χ3v) is 3.24. The van der Waals surface area contributed by atoms with Gasteiger partial charge in [0.25, 0.3) is 0 Å². The minimum absolute atomic E-state index is 0.0536. The number of carbonyl (C=O) groups excluding carboxylic acids is 1. The van der Waals surface area contributed by atoms with Gasteiger partial charge in [-0.15, -0.1) is 0 Å². The van der Waals surface area contributed by atoms with Crippen LogP contribution in [0.3, 0.4) is 0 Å². The Morgan fingerprint density at radius 2 is 2.14 bits per heavy atom. The van der Waals surface area contributed by atoms with Crippen LogP contribution in [0, 0.1) is 11.8 Å². The Morgan fingerprint density at radius 3 is 2.81 bits per heavy atom. The molecule has 2 N–H and O–H groups in total. The number of amides is 1. The van der Waals surface area contributed by atoms with Crippen LogP contribution in [-0.4, -0.2) is 21.1 Å². The molecule has 0 bridgehead atoms. The number of anilines is 1. The Balaban J connectivity index is 1.97. The molecule has 2 aromatic rings. The molecule has 1 atom stereocenters. The Labute approximate surface area is 125 Å². The van der Waals surface area contributed by atoms with Crippen LogP contribution in [0.1, 0.15) is 33.6 Å². The fourth-order valence-corrected chi connectivity index (χ4v) is 2.51. The van der Waals surface area contributed by atoms with Crippen molar-refractivity contribution in [1.29, 1.82) is 0 Å². The predicted octanol–water partition coefficient (Wildman–Crippen LogP) is 3.48. The molecule has 1 heterocycles. The molecule has 112 valence electrons. The SMILES string of the molecule is CC(C)CC(C)CC(=O)Nc1cccc(-c2ncn[nH]2)c1. The van der Waals surface area contributed by atoms with E-state index in [1.807, 2.05) is 24.3 Å². The van der Waals surface area contributed by atoms with Gasteiger partial charge in [0.05, 0.1) is 0 Å². The molecule has 0 aliphatic rings. The number of benzene rings is 1. The minimum atomic E-state index is 0.0536. The molecule has 0 radical (unpaired) electrons. The summed E-state index contributed by atoms with van der Waals surface area (Å²) in [4.78, 5) is 16.2. The van der Waals surface area contributed by atoms with Crippen molar-refractivity contribution in [2.45, 2.75) is 33.6 Å². The monoisotopic (exact) mass is 286 g/mol. The average molecular weight is 286 g/mol. The van der Waals surface area contributed by atoms with Gasteiger partial charge in [-0.25, -0.2) is 4.98 Å². The van der Waals surface area contributed by atoms with E-state index in [-0.39, 0.29) is 5.91 Å². The summed E-state index contributed by atoms with van der Waals surface area (Å²) in [7, 11) is 0. The summed E-state index contributed by atoms with van der Waals surface area (Å²) in [6.07, 6.45) is 3.07. The number of aromatic nitrogens is 3. The highest BCUT2D eigenvalue weighted by atomic mass is 16.1. The van der Waals surface area contributed by atoms with Crippen LogP contribution < -0.4 is 5.32 Å². The first-order chi connectivity index (χ1) is 10.0. The van der Waals surface area contributed by atoms with Gasteiger partial charge in [-0.1, -0.05) is 32.9 Å². The van der Waals surface area contributed by atoms with Gasteiger partial charge in [-0.2, -0.15) is 5.10 Å². The van der Waals surface area contributed by atoms with Crippen molar-refractivity contribution in [1.82, 2.24) is 15.2 Å². The Hall–Kier alpha value is -2.17. The third kappa shape index (κ3) is 4.70. The highest BCUT2D eigenvalue weighted by Crippen LogP contribution is 2.20. The van der Waals surface area contributed by atoms with Crippen LogP contribution in [0.2, 0.25) is 0 Å². The molecule has 0 aliphatic heterocycles. The average Bonchev–Trinajstić information content (AvgIpc) is 2.91. The topological polar surface area (TPSA) is 70.7 Å². The molecule has 0 saturated carbocycles. The van der Waals surface area contributed by atoms with Crippen LogP contribution >= 0.6 is 0 Å². The maximum atomic E-state index is 12.1. The standard InChI is InChI=1S/C16H22N4O/c1-11(2)7-12(3)8-15(21)19-14-6-4-5-13(9-14)16-17-10-18-20-16/h4-6,9-12H,7-8H2,1-3H3,(H,19,21)(H,17,18,20). The molecule has 2 rings (SSSR count). The van der Waals surface area contributed by atoms with Gasteiger partial charge in [-0.3, -0.25) is 9.89 Å². The highest BCUT2D eigenvalue weighted by molar-refractivity contribution is 5.91. The van der Waals surface area contributed by atoms with Crippen LogP contribution in [0.15, 0.2) is 30.6 Å². The van der Waals surface area contributed by atoms with E-state index in [4.69, 9.17) is 0 Å². The number of rotatable bonds is 6. The van der Waals surface area contributed by atoms with E-state index in [1.165, 1.54) is 6.33 Å². The van der Waals surface area contributed by atoms with Crippen molar-refractivity contribution < 1.29 is 4.79 Å². The molecular weight excluding hydrogens is 264 g/mol. The number of carbonyl (C=O) groups is 1. The number of hydrogen-bond donors (Lipinski definition) is 2. The molecule has 5 heteroatoms. The molecule has 0 aliphatic carbocycles. The summed E-state index contributed by atoms with van der Waals surface area (Å²) in [6.45, 7) is 6.47. The summed E-state index contributed by atoms with van der Waals surface area (Å²) in [5, 5.41) is 9.59. The Kier molecular flexibility index (Phi) is 5.09. The lowest BCUT2D eigenvalue weighted by atomic mass is 9.96. The van der Waals surface area contributed by atoms with E-state index in [0.29, 0.717) is 24.1 Å². The summed E-state index contributed by atoms with van der Waals surface area (Å²) in [5.74, 6) is 1.75. The van der Waals surface area contributed by atoms with Crippen LogP contribution in [0.5, 0.6) is 0 Å². The maximum Gasteiger partial charge on any atom is 0.224 e. The number of aromatic amines is 1. The molecule has 0 spiro atoms. The minimum Gasteiger partial charge on any atom is -0.326 e. The van der Waals surface area contributed by atoms with Gasteiger partial charge in [0.1, 0.15) is 6.33 Å². The highest BCUT2D eigenvalue weighted by Gasteiger charge is 2.11. The van der Waals surface area contributed by atoms with E-state index >= 15 is 0 Å². The molecule has 1 amide bonds. The molecule has 0 fully saturated rings. The van der Waals surface area contributed by atoms with E-state index < -0.39 is 0 Å². The molecule has 5 nitrogen and oxygen atoms in total. The van der Waals surface area contributed by atoms with Gasteiger partial charge < -0.3 is 5.32 Å². The van der Waals surface area contributed by atoms with E-state index in [2.05, 4.69) is 41.3 Å². The normalized spacial score (nSPS) is 12.4. The lowest BCUT2D eigenvalue weighted by Crippen LogP contribution is -2.16. The van der Waals surface area contributed by atoms with Crippen molar-refractivity contribution in [3.05, 3.63) is 30.6 Å². The first-order valence-electron chi connectivity index (χ1n) is 7.30. The van der Waals surface area contributed by atoms with Crippen molar-refractivity contribution in [2.24, 2.45) is 11.8 Å². The molecule has 0 saturated heterocycles. The second-order valence-electron chi connectivity index (χ2n) is 5.90. The lowest BCUT2D eigenvalue weighted by Gasteiger charge is -2.13. The van der Waals surface area contributed by atoms with Crippen molar-refractivity contribution >= 4 is 11.6 Å². The van der Waals surface area contributed by atoms with E-state index in [9.17, 15) is 4.79 Å². The second-order valence-corrected chi connectivity index (χ2v) is 5.90. The maximum absolute atomic E-state index is 12.1. The predicted molar refractivity (Wildman–Crippen MR) is 83.7 cm³/mol. The first kappa shape index (κ1) is 15.2. The van der Waals surface area contributed by atoms with Crippen LogP contribution in [0.25, 0.3) is 11.4 Å². The summed E-state index contributed by atoms with van der Waals surface area (Å²) >= 11 is 0. The molecule has 21 heavy (non-hydrogen) atoms. The zero-order valence-corrected chi connectivity index (χ0v) is 12.8. The Morgan fingerprint density at radius 1 is 1.33 bits per heavy atom. The van der Waals surface area contributed by atoms with Crippen molar-refractivity contribution in [3.8, 4) is 11.4 Å². The van der Waals surface area contributed by atoms with Gasteiger partial charge in [0.2, 0.25) is 5.91 Å². The summed E-state index contributed by atoms with van der Waals surface area (Å²) < 4.78 is 0. The molecule has 1 aromatic carbocycles. The second kappa shape index (κ2) is 7.02. The quantitative estimate of drug-likeness (QED) is 0.854. The zero-order chi connectivity index (χ0) is 15.2. The summed E-state index contributed by atoms with van der Waals surface area (Å²) in [6, 6.07) is 7.60. The zero-order valence-electron chi connectivity index (χ0n) is 12.8. The number of nitrogens with one attached hydrogen (secondary N) is 2. The van der Waals surface area contributed by atoms with Gasteiger partial charge in [-0.05, 0) is 30.4 Å². The van der Waals surface area contributed by atoms with E-state index in [0.717, 1.165) is 17.7 Å². The van der Waals surface area contributed by atoms with Crippen molar-refractivity contribution in [3.63, 3.8) is 0 Å². The Bertz CT molecular complexity index is 578. The van der Waals surface area contributed by atoms with Crippen LogP contribution in [-0.2, 0) is 4.79 Å². The molecule has 1 unspecified atom stereocenters. The van der Waals surface area contributed by atoms with Gasteiger partial charge >= 0.3 is 0 Å². The van der Waals surface area contributed by atoms with Crippen LogP contribution in [0.4, 0.5) is 5.69 Å². The van der Waals surface area contributed by atoms with Gasteiger partial charge in [0.15, 0.2) is 5.82 Å². The first-order valence-corrected chi connectivity index (χ1v) is 7.30. The lowest BCUT2D eigenvalue weighted by molar-refractivity contribution is -0.117. The third-order valence-electron chi connectivity index (χ3n) is 3.24. The number of H-pyrrole nitrogens is 1. The molecule has 1 aromatic heterocycles.